The predicted octanol–water partition coefficient (Wildman–Crippen LogP) is 14.2. The number of aromatic nitrogens is 6. The van der Waals surface area contributed by atoms with Crippen molar-refractivity contribution in [2.24, 2.45) is 0 Å². The molecule has 294 valence electrons. The summed E-state index contributed by atoms with van der Waals surface area (Å²) in [6.45, 7) is 0. The lowest BCUT2D eigenvalue weighted by atomic mass is 10.0. The SMILES string of the molecule is c1ccc(-c2nc(-c3cccc(-n4c5ccccc5c5ccccc54)c3)nc(-n3c4ccccc4c4cc(-c5ccc6c(c5)c5ccccc5n6-c5ccccc5)ccc43)n2)cc1. The van der Waals surface area contributed by atoms with Gasteiger partial charge in [0.2, 0.25) is 5.95 Å². The second-order valence-corrected chi connectivity index (χ2v) is 16.1. The van der Waals surface area contributed by atoms with Crippen LogP contribution in [0.5, 0.6) is 0 Å². The number of nitrogens with zero attached hydrogens (tertiary/aromatic N) is 6. The number of para-hydroxylation sites is 5. The van der Waals surface area contributed by atoms with Gasteiger partial charge in [-0.1, -0.05) is 146 Å². The molecule has 6 heteroatoms. The van der Waals surface area contributed by atoms with Crippen LogP contribution in [-0.2, 0) is 0 Å². The molecule has 13 aromatic rings. The summed E-state index contributed by atoms with van der Waals surface area (Å²) in [5.41, 5.74) is 13.1. The largest absolute Gasteiger partial charge is 0.309 e. The van der Waals surface area contributed by atoms with Crippen LogP contribution in [-0.4, -0.2) is 28.7 Å². The fourth-order valence-electron chi connectivity index (χ4n) is 9.67. The summed E-state index contributed by atoms with van der Waals surface area (Å²) >= 11 is 0. The molecule has 0 unspecified atom stereocenters. The molecule has 4 aromatic heterocycles. The van der Waals surface area contributed by atoms with E-state index in [2.05, 4.69) is 214 Å². The van der Waals surface area contributed by atoms with Crippen LogP contribution in [0.1, 0.15) is 0 Å². The van der Waals surface area contributed by atoms with E-state index in [0.717, 1.165) is 66.5 Å². The minimum absolute atomic E-state index is 0.565. The van der Waals surface area contributed by atoms with Gasteiger partial charge in [0.05, 0.1) is 33.1 Å². The molecule has 0 aliphatic rings. The van der Waals surface area contributed by atoms with Gasteiger partial charge in [0.25, 0.3) is 0 Å². The second kappa shape index (κ2) is 14.0. The van der Waals surface area contributed by atoms with Gasteiger partial charge >= 0.3 is 0 Å². The Morgan fingerprint density at radius 1 is 0.238 bits per heavy atom. The third kappa shape index (κ3) is 5.55. The van der Waals surface area contributed by atoms with Gasteiger partial charge < -0.3 is 9.13 Å². The standard InChI is InChI=1S/C57H36N6/c1-3-16-37(17-4-1)55-58-56(40-18-15-21-42(34-40)62-49-26-11-7-22-43(49)44-23-8-12-27-50(44)62)60-57(59-55)63-52-29-14-10-25-46(52)48-36-39(31-33-54(48)63)38-30-32-53-47(35-38)45-24-9-13-28-51(45)61(53)41-19-5-2-6-20-41/h1-36H. The maximum absolute atomic E-state index is 5.32. The van der Waals surface area contributed by atoms with Gasteiger partial charge in [0.15, 0.2) is 11.6 Å². The first kappa shape index (κ1) is 35.2. The molecule has 0 saturated heterocycles. The van der Waals surface area contributed by atoms with Gasteiger partial charge in [-0.25, -0.2) is 4.98 Å². The number of fused-ring (bicyclic) bond motifs is 9. The van der Waals surface area contributed by atoms with E-state index in [4.69, 9.17) is 15.0 Å². The van der Waals surface area contributed by atoms with Gasteiger partial charge in [0, 0.05) is 54.8 Å². The highest BCUT2D eigenvalue weighted by molar-refractivity contribution is 6.13. The Morgan fingerprint density at radius 2 is 0.635 bits per heavy atom. The highest BCUT2D eigenvalue weighted by Gasteiger charge is 2.20. The highest BCUT2D eigenvalue weighted by atomic mass is 15.2. The van der Waals surface area contributed by atoms with Crippen molar-refractivity contribution in [3.63, 3.8) is 0 Å². The van der Waals surface area contributed by atoms with Crippen molar-refractivity contribution in [2.75, 3.05) is 0 Å². The molecule has 0 saturated carbocycles. The Morgan fingerprint density at radius 3 is 1.21 bits per heavy atom. The van der Waals surface area contributed by atoms with Crippen molar-refractivity contribution < 1.29 is 0 Å². The van der Waals surface area contributed by atoms with E-state index in [0.29, 0.717) is 17.6 Å². The monoisotopic (exact) mass is 804 g/mol. The molecular weight excluding hydrogens is 769 g/mol. The number of hydrogen-bond acceptors (Lipinski definition) is 3. The molecule has 0 aliphatic heterocycles. The third-order valence-electron chi connectivity index (χ3n) is 12.5. The van der Waals surface area contributed by atoms with E-state index in [1.165, 1.54) is 32.6 Å². The molecule has 0 amide bonds. The first-order chi connectivity index (χ1) is 31.2. The van der Waals surface area contributed by atoms with Gasteiger partial charge in [0.1, 0.15) is 0 Å². The van der Waals surface area contributed by atoms with Crippen LogP contribution in [0.3, 0.4) is 0 Å². The first-order valence-electron chi connectivity index (χ1n) is 21.3. The molecule has 0 bridgehead atoms. The predicted molar refractivity (Wildman–Crippen MR) is 259 cm³/mol. The van der Waals surface area contributed by atoms with Crippen LogP contribution in [0.4, 0.5) is 0 Å². The fourth-order valence-corrected chi connectivity index (χ4v) is 9.67. The maximum atomic E-state index is 5.32. The van der Waals surface area contributed by atoms with Crippen LogP contribution in [0.2, 0.25) is 0 Å². The van der Waals surface area contributed by atoms with Crippen molar-refractivity contribution >= 4 is 65.4 Å². The Balaban J connectivity index is 0.985. The summed E-state index contributed by atoms with van der Waals surface area (Å²) in [5, 5.41) is 7.16. The average molecular weight is 805 g/mol. The van der Waals surface area contributed by atoms with Crippen LogP contribution in [0, 0.1) is 0 Å². The highest BCUT2D eigenvalue weighted by Crippen LogP contribution is 2.39. The van der Waals surface area contributed by atoms with Crippen molar-refractivity contribution in [3.8, 4) is 51.2 Å². The van der Waals surface area contributed by atoms with Gasteiger partial charge in [-0.05, 0) is 83.9 Å². The van der Waals surface area contributed by atoms with Crippen molar-refractivity contribution in [3.05, 3.63) is 218 Å². The smallest absolute Gasteiger partial charge is 0.238 e. The Labute approximate surface area is 362 Å². The van der Waals surface area contributed by atoms with Crippen LogP contribution >= 0.6 is 0 Å². The molecule has 13 rings (SSSR count). The minimum Gasteiger partial charge on any atom is -0.309 e. The van der Waals surface area contributed by atoms with Crippen molar-refractivity contribution in [1.29, 1.82) is 0 Å². The van der Waals surface area contributed by atoms with E-state index in [1.807, 2.05) is 18.2 Å². The molecule has 4 heterocycles. The average Bonchev–Trinajstić information content (AvgIpc) is 4.00. The van der Waals surface area contributed by atoms with Gasteiger partial charge in [-0.3, -0.25) is 4.57 Å². The maximum Gasteiger partial charge on any atom is 0.238 e. The van der Waals surface area contributed by atoms with Crippen LogP contribution in [0.15, 0.2) is 218 Å². The second-order valence-electron chi connectivity index (χ2n) is 16.1. The van der Waals surface area contributed by atoms with E-state index >= 15 is 0 Å². The van der Waals surface area contributed by atoms with E-state index in [-0.39, 0.29) is 0 Å². The van der Waals surface area contributed by atoms with Gasteiger partial charge in [-0.2, -0.15) is 9.97 Å². The molecular formula is C57H36N6. The van der Waals surface area contributed by atoms with Crippen LogP contribution in [0.25, 0.3) is 117 Å². The van der Waals surface area contributed by atoms with Crippen molar-refractivity contribution in [2.45, 2.75) is 0 Å². The van der Waals surface area contributed by atoms with Crippen molar-refractivity contribution in [1.82, 2.24) is 28.7 Å². The fraction of sp³-hybridized carbons (Fsp3) is 0. The van der Waals surface area contributed by atoms with E-state index in [9.17, 15) is 0 Å². The topological polar surface area (TPSA) is 53.5 Å². The molecule has 63 heavy (non-hydrogen) atoms. The lowest BCUT2D eigenvalue weighted by Gasteiger charge is -2.13. The summed E-state index contributed by atoms with van der Waals surface area (Å²) in [4.78, 5) is 15.7. The molecule has 0 atom stereocenters. The molecule has 9 aromatic carbocycles. The molecule has 0 radical (unpaired) electrons. The number of benzene rings is 9. The van der Waals surface area contributed by atoms with Crippen LogP contribution < -0.4 is 0 Å². The Bertz CT molecular complexity index is 3860. The zero-order valence-corrected chi connectivity index (χ0v) is 34.0. The van der Waals surface area contributed by atoms with E-state index < -0.39 is 0 Å². The first-order valence-corrected chi connectivity index (χ1v) is 21.3. The molecule has 0 N–H and O–H groups in total. The third-order valence-corrected chi connectivity index (χ3v) is 12.5. The normalized spacial score (nSPS) is 11.8. The molecule has 0 fully saturated rings. The number of hydrogen-bond donors (Lipinski definition) is 0. The lowest BCUT2D eigenvalue weighted by Crippen LogP contribution is -2.06. The summed E-state index contributed by atoms with van der Waals surface area (Å²) < 4.78 is 6.89. The zero-order valence-electron chi connectivity index (χ0n) is 34.0. The molecule has 6 nitrogen and oxygen atoms in total. The van der Waals surface area contributed by atoms with Gasteiger partial charge in [-0.15, -0.1) is 0 Å². The van der Waals surface area contributed by atoms with E-state index in [1.54, 1.807) is 0 Å². The summed E-state index contributed by atoms with van der Waals surface area (Å²) in [5.74, 6) is 1.78. The Hall–Kier alpha value is -8.61. The molecule has 0 aliphatic carbocycles. The summed E-state index contributed by atoms with van der Waals surface area (Å²) in [7, 11) is 0. The quantitative estimate of drug-likeness (QED) is 0.168. The lowest BCUT2D eigenvalue weighted by molar-refractivity contribution is 0.953. The molecule has 0 spiro atoms. The summed E-state index contributed by atoms with van der Waals surface area (Å²) in [6.07, 6.45) is 0. The Kier molecular flexibility index (Phi) is 7.80. The summed E-state index contributed by atoms with van der Waals surface area (Å²) in [6, 6.07) is 77.4. The minimum atomic E-state index is 0.565. The number of rotatable bonds is 6. The zero-order chi connectivity index (χ0) is 41.4.